The highest BCUT2D eigenvalue weighted by molar-refractivity contribution is 6.16. The van der Waals surface area contributed by atoms with Crippen molar-refractivity contribution >= 4 is 149 Å². The Labute approximate surface area is 820 Å². The lowest BCUT2D eigenvalue weighted by atomic mass is 9.82. The Kier molecular flexibility index (Phi) is 21.6. The quantitative estimate of drug-likeness (QED) is 0.0901. The minimum atomic E-state index is -0.191. The number of hydrogen-bond acceptors (Lipinski definition) is 3. The lowest BCUT2D eigenvalue weighted by Crippen LogP contribution is -2.17. The summed E-state index contributed by atoms with van der Waals surface area (Å²) in [5.74, 6) is 0. The number of aromatic nitrogens is 3. The molecule has 666 valence electrons. The summed E-state index contributed by atoms with van der Waals surface area (Å²) in [6.45, 7) is 4.77. The van der Waals surface area contributed by atoms with Gasteiger partial charge in [0, 0.05) is 105 Å². The van der Waals surface area contributed by atoms with E-state index in [1.54, 1.807) is 0 Å². The van der Waals surface area contributed by atoms with Crippen molar-refractivity contribution in [2.24, 2.45) is 0 Å². The SMILES string of the molecule is CC1(C)c2cc(N(c3ccccc3)c3cc4ccccc4c4ccccc34)ccc2-c2ccc(-n3c4ccccc4c4ccccc43)cc21.c1ccc(-c2ccc(N(c3ccc(-c4ccc(-n5c6ccccc6c6ccccc65)cc4)cc3)c3cccc4ccccc34)cc2)cc1.c1ccc(-c2cccc(N(c3ccccc3)c3ccc(-c4ccc(-n5c6ccccc6c6ccccc65)cc4)cc3)c2)cc1. The zero-order chi connectivity index (χ0) is 93.9. The molecule has 3 aromatic heterocycles. The second kappa shape index (κ2) is 36.0. The van der Waals surface area contributed by atoms with Gasteiger partial charge in [-0.3, -0.25) is 0 Å². The molecule has 23 aromatic carbocycles. The van der Waals surface area contributed by atoms with Crippen molar-refractivity contribution < 1.29 is 0 Å². The second-order valence-corrected chi connectivity index (χ2v) is 37.0. The molecule has 3 heterocycles. The Bertz CT molecular complexity index is 9000. The van der Waals surface area contributed by atoms with Gasteiger partial charge < -0.3 is 28.4 Å². The van der Waals surface area contributed by atoms with Gasteiger partial charge in [0.1, 0.15) is 0 Å². The largest absolute Gasteiger partial charge is 0.310 e. The Morgan fingerprint density at radius 3 is 0.894 bits per heavy atom. The van der Waals surface area contributed by atoms with Crippen LogP contribution in [0.15, 0.2) is 546 Å². The summed E-state index contributed by atoms with van der Waals surface area (Å²) in [5.41, 5.74) is 35.9. The van der Waals surface area contributed by atoms with E-state index in [-0.39, 0.29) is 5.41 Å². The second-order valence-electron chi connectivity index (χ2n) is 37.0. The normalized spacial score (nSPS) is 12.0. The zero-order valence-corrected chi connectivity index (χ0v) is 78.1. The number of anilines is 9. The van der Waals surface area contributed by atoms with E-state index in [1.165, 1.54) is 176 Å². The molecule has 0 spiro atoms. The molecule has 27 rings (SSSR count). The van der Waals surface area contributed by atoms with Gasteiger partial charge in [-0.15, -0.1) is 0 Å². The van der Waals surface area contributed by atoms with E-state index in [9.17, 15) is 0 Å². The predicted octanol–water partition coefficient (Wildman–Crippen LogP) is 37.2. The van der Waals surface area contributed by atoms with Crippen molar-refractivity contribution in [3.63, 3.8) is 0 Å². The number of nitrogens with zero attached hydrogens (tertiary/aromatic N) is 6. The van der Waals surface area contributed by atoms with Gasteiger partial charge in [0.15, 0.2) is 0 Å². The van der Waals surface area contributed by atoms with E-state index in [1.807, 2.05) is 0 Å². The van der Waals surface area contributed by atoms with Crippen molar-refractivity contribution in [1.29, 1.82) is 0 Å². The van der Waals surface area contributed by atoms with E-state index in [2.05, 4.69) is 588 Å². The van der Waals surface area contributed by atoms with Crippen LogP contribution in [0.3, 0.4) is 0 Å². The Balaban J connectivity index is 0.000000112. The van der Waals surface area contributed by atoms with Crippen LogP contribution in [0.2, 0.25) is 0 Å². The topological polar surface area (TPSA) is 24.5 Å². The number of fused-ring (bicyclic) bond motifs is 16. The molecule has 0 amide bonds. The summed E-state index contributed by atoms with van der Waals surface area (Å²) in [5, 5.41) is 15.1. The summed E-state index contributed by atoms with van der Waals surface area (Å²) in [4.78, 5) is 7.13. The van der Waals surface area contributed by atoms with E-state index >= 15 is 0 Å². The summed E-state index contributed by atoms with van der Waals surface area (Å²) in [6, 6.07) is 197. The Hall–Kier alpha value is -18.4. The lowest BCUT2D eigenvalue weighted by molar-refractivity contribution is 0.660. The smallest absolute Gasteiger partial charge is 0.0546 e. The zero-order valence-electron chi connectivity index (χ0n) is 78.1. The first-order valence-corrected chi connectivity index (χ1v) is 48.6. The molecule has 1 aliphatic carbocycles. The fraction of sp³-hybridized carbons (Fsp3) is 0.0222. The van der Waals surface area contributed by atoms with Crippen LogP contribution in [0, 0.1) is 0 Å². The molecule has 141 heavy (non-hydrogen) atoms. The van der Waals surface area contributed by atoms with Crippen LogP contribution in [-0.4, -0.2) is 13.7 Å². The van der Waals surface area contributed by atoms with Crippen molar-refractivity contribution in [2.75, 3.05) is 14.7 Å². The first kappa shape index (κ1) is 84.4. The van der Waals surface area contributed by atoms with Crippen LogP contribution < -0.4 is 14.7 Å². The van der Waals surface area contributed by atoms with Crippen LogP contribution in [-0.2, 0) is 5.41 Å². The first-order chi connectivity index (χ1) is 69.7. The van der Waals surface area contributed by atoms with Gasteiger partial charge in [0.05, 0.1) is 44.5 Å². The fourth-order valence-electron chi connectivity index (χ4n) is 21.8. The average molecular weight is 1800 g/mol. The maximum atomic E-state index is 2.44. The molecule has 0 atom stereocenters. The van der Waals surface area contributed by atoms with Crippen LogP contribution >= 0.6 is 0 Å². The highest BCUT2D eigenvalue weighted by Gasteiger charge is 2.37. The van der Waals surface area contributed by atoms with Gasteiger partial charge in [0.25, 0.3) is 0 Å². The van der Waals surface area contributed by atoms with E-state index in [0.29, 0.717) is 0 Å². The van der Waals surface area contributed by atoms with Crippen molar-refractivity contribution in [3.8, 4) is 72.7 Å². The standard InChI is InChI=1S/C47H34N2.C46H32N2.C42H30N2/c1-47(2)42-29-33(48(32-15-4-3-5-16-32)46-28-31-14-6-7-17-35(31)36-18-8-9-19-39(36)46)24-26-37(42)38-27-25-34(30-43(38)47)49-44-22-12-10-20-40(44)41-21-11-13-23-45(41)49;1-2-11-33(12-3-1)34-21-27-38(28-22-34)47(44-20-10-14-37-13-4-5-15-41(37)44)39-29-23-35(24-30-39)36-25-31-40(32-26-36)48-45-18-8-6-16-42(45)43-17-7-9-19-46(43)48;1-3-12-31(13-4-1)34-14-11-17-38(30-34)43(35-15-5-2-6-16-35)36-26-22-32(23-27-36)33-24-28-37(29-25-33)44-41-20-9-7-18-39(41)40-19-8-10-21-42(40)44/h3-30H,1-2H3;1-32H;1-30H. The molecule has 1 aliphatic rings. The predicted molar refractivity (Wildman–Crippen MR) is 598 cm³/mol. The van der Waals surface area contributed by atoms with Gasteiger partial charge in [-0.1, -0.05) is 390 Å². The Morgan fingerprint density at radius 1 is 0.156 bits per heavy atom. The van der Waals surface area contributed by atoms with Gasteiger partial charge in [-0.05, 0) is 258 Å². The molecule has 0 radical (unpaired) electrons. The van der Waals surface area contributed by atoms with Crippen molar-refractivity contribution in [3.05, 3.63) is 557 Å². The number of rotatable bonds is 16. The molecular formula is C135H96N6. The van der Waals surface area contributed by atoms with E-state index < -0.39 is 0 Å². The third kappa shape index (κ3) is 15.4. The van der Waals surface area contributed by atoms with Gasteiger partial charge in [-0.25, -0.2) is 0 Å². The minimum absolute atomic E-state index is 0.191. The highest BCUT2D eigenvalue weighted by Crippen LogP contribution is 2.54. The average Bonchev–Trinajstić information content (AvgIpc) is 1.57. The monoisotopic (exact) mass is 1800 g/mol. The molecule has 0 saturated carbocycles. The molecule has 0 unspecified atom stereocenters. The maximum Gasteiger partial charge on any atom is 0.0546 e. The molecule has 6 nitrogen and oxygen atoms in total. The number of benzene rings is 23. The molecule has 0 bridgehead atoms. The fourth-order valence-corrected chi connectivity index (χ4v) is 21.8. The highest BCUT2D eigenvalue weighted by atomic mass is 15.2. The number of para-hydroxylation sites is 8. The summed E-state index contributed by atoms with van der Waals surface area (Å²) < 4.78 is 7.15. The van der Waals surface area contributed by atoms with Gasteiger partial charge in [0.2, 0.25) is 0 Å². The van der Waals surface area contributed by atoms with Gasteiger partial charge >= 0.3 is 0 Å². The van der Waals surface area contributed by atoms with Crippen LogP contribution in [0.25, 0.3) is 170 Å². The van der Waals surface area contributed by atoms with E-state index in [4.69, 9.17) is 0 Å². The van der Waals surface area contributed by atoms with Crippen LogP contribution in [0.4, 0.5) is 51.2 Å². The lowest BCUT2D eigenvalue weighted by Gasteiger charge is -2.29. The molecule has 26 aromatic rings. The summed E-state index contributed by atoms with van der Waals surface area (Å²) >= 11 is 0. The third-order valence-electron chi connectivity index (χ3n) is 28.5. The molecule has 0 saturated heterocycles. The molecular weight excluding hydrogens is 1710 g/mol. The molecule has 0 fully saturated rings. The maximum absolute atomic E-state index is 2.44. The van der Waals surface area contributed by atoms with E-state index in [0.717, 1.165) is 56.9 Å². The molecule has 0 aliphatic heterocycles. The summed E-state index contributed by atoms with van der Waals surface area (Å²) in [7, 11) is 0. The summed E-state index contributed by atoms with van der Waals surface area (Å²) in [6.07, 6.45) is 0. The van der Waals surface area contributed by atoms with Crippen molar-refractivity contribution in [2.45, 2.75) is 19.3 Å². The van der Waals surface area contributed by atoms with Crippen molar-refractivity contribution in [1.82, 2.24) is 13.7 Å². The first-order valence-electron chi connectivity index (χ1n) is 48.6. The van der Waals surface area contributed by atoms with Gasteiger partial charge in [-0.2, -0.15) is 0 Å². The van der Waals surface area contributed by atoms with Crippen LogP contribution in [0.5, 0.6) is 0 Å². The Morgan fingerprint density at radius 2 is 0.433 bits per heavy atom. The molecule has 0 N–H and O–H groups in total. The minimum Gasteiger partial charge on any atom is -0.310 e. The van der Waals surface area contributed by atoms with Crippen LogP contribution in [0.1, 0.15) is 25.0 Å². The number of hydrogen-bond donors (Lipinski definition) is 0. The third-order valence-corrected chi connectivity index (χ3v) is 28.5. The molecule has 6 heteroatoms.